The topological polar surface area (TPSA) is 0 Å². The Morgan fingerprint density at radius 1 is 0.483 bits per heavy atom. The lowest BCUT2D eigenvalue weighted by Crippen LogP contribution is -1.92. The quantitative estimate of drug-likeness (QED) is 0.337. The van der Waals surface area contributed by atoms with Gasteiger partial charge >= 0.3 is 0 Å². The summed E-state index contributed by atoms with van der Waals surface area (Å²) in [5.74, 6) is 0. The van der Waals surface area contributed by atoms with E-state index in [2.05, 4.69) is 113 Å². The Kier molecular flexibility index (Phi) is 5.36. The highest BCUT2D eigenvalue weighted by atomic mass is 14.2. The van der Waals surface area contributed by atoms with E-state index in [1.807, 2.05) is 0 Å². The van der Waals surface area contributed by atoms with Crippen molar-refractivity contribution in [3.8, 4) is 33.4 Å². The first-order chi connectivity index (χ1) is 14.1. The van der Waals surface area contributed by atoms with E-state index >= 15 is 0 Å². The van der Waals surface area contributed by atoms with E-state index in [1.54, 1.807) is 0 Å². The molecule has 0 unspecified atom stereocenters. The van der Waals surface area contributed by atoms with Crippen LogP contribution in [0.15, 0.2) is 84.9 Å². The van der Waals surface area contributed by atoms with Crippen molar-refractivity contribution >= 4 is 0 Å². The molecule has 0 aliphatic heterocycles. The average Bonchev–Trinajstić information content (AvgIpc) is 2.75. The van der Waals surface area contributed by atoms with Crippen molar-refractivity contribution in [1.82, 2.24) is 0 Å². The molecule has 0 nitrogen and oxygen atoms in total. The fourth-order valence-corrected chi connectivity index (χ4v) is 4.16. The Balaban J connectivity index is 1.86. The van der Waals surface area contributed by atoms with E-state index in [4.69, 9.17) is 0 Å². The van der Waals surface area contributed by atoms with Crippen molar-refractivity contribution in [1.29, 1.82) is 0 Å². The minimum atomic E-state index is 1.03. The first kappa shape index (κ1) is 19.2. The average molecular weight is 377 g/mol. The van der Waals surface area contributed by atoms with Gasteiger partial charge in [-0.25, -0.2) is 0 Å². The Morgan fingerprint density at radius 3 is 1.55 bits per heavy atom. The van der Waals surface area contributed by atoms with Gasteiger partial charge < -0.3 is 0 Å². The predicted octanol–water partition coefficient (Wildman–Crippen LogP) is 8.18. The van der Waals surface area contributed by atoms with Gasteiger partial charge in [-0.05, 0) is 95.0 Å². The maximum absolute atomic E-state index is 2.37. The molecule has 144 valence electrons. The lowest BCUT2D eigenvalue weighted by Gasteiger charge is -2.15. The summed E-state index contributed by atoms with van der Waals surface area (Å²) in [5, 5.41) is 0. The fourth-order valence-electron chi connectivity index (χ4n) is 4.16. The highest BCUT2D eigenvalue weighted by Gasteiger charge is 2.11. The van der Waals surface area contributed by atoms with Gasteiger partial charge in [-0.2, -0.15) is 0 Å². The molecular formula is C29H28. The van der Waals surface area contributed by atoms with E-state index in [9.17, 15) is 0 Å². The van der Waals surface area contributed by atoms with Gasteiger partial charge in [0.05, 0.1) is 0 Å². The predicted molar refractivity (Wildman–Crippen MR) is 126 cm³/mol. The standard InChI is InChI=1S/C29H28/c1-5-23-16-17-25(19-29(23)27-13-9-7-11-21(27)3)24-15-14-22(4)28(18-24)26-12-8-6-10-20(26)2/h6-19H,5H2,1-4H3. The summed E-state index contributed by atoms with van der Waals surface area (Å²) in [6, 6.07) is 31.1. The minimum Gasteiger partial charge on any atom is -0.0620 e. The Bertz CT molecular complexity index is 1160. The van der Waals surface area contributed by atoms with Crippen molar-refractivity contribution < 1.29 is 0 Å². The molecule has 0 atom stereocenters. The van der Waals surface area contributed by atoms with Crippen LogP contribution < -0.4 is 0 Å². The molecule has 0 heterocycles. The lowest BCUT2D eigenvalue weighted by molar-refractivity contribution is 1.14. The SMILES string of the molecule is CCc1ccc(-c2ccc(C)c(-c3ccccc3C)c2)cc1-c1ccccc1C. The zero-order valence-corrected chi connectivity index (χ0v) is 17.8. The van der Waals surface area contributed by atoms with Crippen LogP contribution in [0.1, 0.15) is 29.2 Å². The van der Waals surface area contributed by atoms with Gasteiger partial charge in [-0.15, -0.1) is 0 Å². The Labute approximate surface area is 174 Å². The summed E-state index contributed by atoms with van der Waals surface area (Å²) in [5.41, 5.74) is 13.2. The molecule has 0 bridgehead atoms. The van der Waals surface area contributed by atoms with Crippen LogP contribution in [-0.2, 0) is 6.42 Å². The van der Waals surface area contributed by atoms with Crippen LogP contribution in [0.5, 0.6) is 0 Å². The zero-order chi connectivity index (χ0) is 20.4. The van der Waals surface area contributed by atoms with Gasteiger partial charge in [0.15, 0.2) is 0 Å². The molecule has 0 spiro atoms. The molecule has 0 aliphatic rings. The Hall–Kier alpha value is -3.12. The Morgan fingerprint density at radius 2 is 0.966 bits per heavy atom. The van der Waals surface area contributed by atoms with E-state index in [0.29, 0.717) is 0 Å². The highest BCUT2D eigenvalue weighted by molar-refractivity contribution is 5.81. The molecule has 0 saturated heterocycles. The van der Waals surface area contributed by atoms with E-state index in [-0.39, 0.29) is 0 Å². The normalized spacial score (nSPS) is 10.9. The smallest absolute Gasteiger partial charge is 0.0143 e. The third-order valence-electron chi connectivity index (χ3n) is 5.93. The molecule has 4 aromatic carbocycles. The van der Waals surface area contributed by atoms with Gasteiger partial charge in [-0.1, -0.05) is 79.7 Å². The van der Waals surface area contributed by atoms with Gasteiger partial charge in [0.2, 0.25) is 0 Å². The molecule has 29 heavy (non-hydrogen) atoms. The van der Waals surface area contributed by atoms with Crippen LogP contribution in [-0.4, -0.2) is 0 Å². The molecule has 0 saturated carbocycles. The summed E-state index contributed by atoms with van der Waals surface area (Å²) in [6.07, 6.45) is 1.03. The maximum atomic E-state index is 2.37. The summed E-state index contributed by atoms with van der Waals surface area (Å²) in [7, 11) is 0. The van der Waals surface area contributed by atoms with Crippen molar-refractivity contribution in [2.24, 2.45) is 0 Å². The molecule has 0 fully saturated rings. The second-order valence-electron chi connectivity index (χ2n) is 7.89. The second-order valence-corrected chi connectivity index (χ2v) is 7.89. The molecular weight excluding hydrogens is 348 g/mol. The molecule has 4 aromatic rings. The van der Waals surface area contributed by atoms with Gasteiger partial charge in [-0.3, -0.25) is 0 Å². The van der Waals surface area contributed by atoms with E-state index < -0.39 is 0 Å². The van der Waals surface area contributed by atoms with Crippen LogP contribution in [0.2, 0.25) is 0 Å². The van der Waals surface area contributed by atoms with Crippen LogP contribution in [0.4, 0.5) is 0 Å². The number of aryl methyl sites for hydroxylation is 4. The van der Waals surface area contributed by atoms with E-state index in [0.717, 1.165) is 6.42 Å². The molecule has 0 aliphatic carbocycles. The first-order valence-corrected chi connectivity index (χ1v) is 10.4. The van der Waals surface area contributed by atoms with Crippen molar-refractivity contribution in [2.45, 2.75) is 34.1 Å². The van der Waals surface area contributed by atoms with Crippen LogP contribution >= 0.6 is 0 Å². The number of hydrogen-bond donors (Lipinski definition) is 0. The largest absolute Gasteiger partial charge is 0.0620 e. The summed E-state index contributed by atoms with van der Waals surface area (Å²) < 4.78 is 0. The zero-order valence-electron chi connectivity index (χ0n) is 17.8. The van der Waals surface area contributed by atoms with Gasteiger partial charge in [0.1, 0.15) is 0 Å². The van der Waals surface area contributed by atoms with Crippen molar-refractivity contribution in [3.63, 3.8) is 0 Å². The number of benzene rings is 4. The summed E-state index contributed by atoms with van der Waals surface area (Å²) in [4.78, 5) is 0. The van der Waals surface area contributed by atoms with E-state index in [1.165, 1.54) is 55.6 Å². The molecule has 0 aromatic heterocycles. The molecule has 0 amide bonds. The highest BCUT2D eigenvalue weighted by Crippen LogP contribution is 2.35. The monoisotopic (exact) mass is 376 g/mol. The third-order valence-corrected chi connectivity index (χ3v) is 5.93. The fraction of sp³-hybridized carbons (Fsp3) is 0.172. The van der Waals surface area contributed by atoms with Crippen molar-refractivity contribution in [3.05, 3.63) is 107 Å². The second kappa shape index (κ2) is 8.09. The molecule has 0 N–H and O–H groups in total. The summed E-state index contributed by atoms with van der Waals surface area (Å²) >= 11 is 0. The number of rotatable bonds is 4. The first-order valence-electron chi connectivity index (χ1n) is 10.4. The summed E-state index contributed by atoms with van der Waals surface area (Å²) in [6.45, 7) is 8.82. The van der Waals surface area contributed by atoms with Gasteiger partial charge in [0.25, 0.3) is 0 Å². The van der Waals surface area contributed by atoms with Crippen LogP contribution in [0, 0.1) is 20.8 Å². The molecule has 0 heteroatoms. The van der Waals surface area contributed by atoms with Crippen LogP contribution in [0.25, 0.3) is 33.4 Å². The minimum absolute atomic E-state index is 1.03. The van der Waals surface area contributed by atoms with Crippen LogP contribution in [0.3, 0.4) is 0 Å². The maximum Gasteiger partial charge on any atom is -0.0143 e. The number of hydrogen-bond acceptors (Lipinski definition) is 0. The van der Waals surface area contributed by atoms with Crippen molar-refractivity contribution in [2.75, 3.05) is 0 Å². The van der Waals surface area contributed by atoms with Gasteiger partial charge in [0, 0.05) is 0 Å². The third kappa shape index (κ3) is 3.76. The molecule has 0 radical (unpaired) electrons. The lowest BCUT2D eigenvalue weighted by atomic mass is 9.89. The molecule has 4 rings (SSSR count).